The summed E-state index contributed by atoms with van der Waals surface area (Å²) < 4.78 is 5.54. The largest absolute Gasteiger partial charge is 0.379 e. The predicted molar refractivity (Wildman–Crippen MR) is 89.5 cm³/mol. The Balaban J connectivity index is 1.61. The van der Waals surface area contributed by atoms with Gasteiger partial charge in [0.05, 0.1) is 25.1 Å². The number of nitrogens with zero attached hydrogens (tertiary/aromatic N) is 3. The van der Waals surface area contributed by atoms with E-state index in [4.69, 9.17) is 4.74 Å². The van der Waals surface area contributed by atoms with Crippen LogP contribution in [0.3, 0.4) is 0 Å². The predicted octanol–water partition coefficient (Wildman–Crippen LogP) is 1.11. The molecular formula is C17H21N5O2. The van der Waals surface area contributed by atoms with Crippen LogP contribution in [-0.2, 0) is 16.0 Å². The molecule has 1 amide bonds. The number of nitrogens with one attached hydrogen (secondary N) is 2. The molecule has 2 aromatic rings. The third kappa shape index (κ3) is 4.26. The number of hydrogen-bond donors (Lipinski definition) is 2. The third-order valence-electron chi connectivity index (χ3n) is 4.09. The lowest BCUT2D eigenvalue weighted by Gasteiger charge is -2.33. The Hall–Kier alpha value is -2.54. The second-order valence-electron chi connectivity index (χ2n) is 5.81. The van der Waals surface area contributed by atoms with Gasteiger partial charge in [0.2, 0.25) is 5.91 Å². The van der Waals surface area contributed by atoms with Crippen molar-refractivity contribution in [2.24, 2.45) is 0 Å². The van der Waals surface area contributed by atoms with Gasteiger partial charge in [-0.15, -0.1) is 0 Å². The van der Waals surface area contributed by atoms with Gasteiger partial charge in [-0.25, -0.2) is 9.97 Å². The number of pyridine rings is 1. The van der Waals surface area contributed by atoms with Gasteiger partial charge in [-0.1, -0.05) is 6.07 Å². The topological polar surface area (TPSA) is 89.0 Å². The molecule has 7 heteroatoms. The summed E-state index contributed by atoms with van der Waals surface area (Å²) in [7, 11) is 0. The monoisotopic (exact) mass is 327 g/mol. The highest BCUT2D eigenvalue weighted by atomic mass is 16.5. The molecule has 2 atom stereocenters. The molecular weight excluding hydrogens is 306 g/mol. The first kappa shape index (κ1) is 16.3. The fraction of sp³-hybridized carbons (Fsp3) is 0.412. The Bertz CT molecular complexity index is 680. The van der Waals surface area contributed by atoms with Crippen LogP contribution in [0.2, 0.25) is 0 Å². The summed E-state index contributed by atoms with van der Waals surface area (Å²) in [6.07, 6.45) is 6.00. The van der Waals surface area contributed by atoms with Gasteiger partial charge in [0.15, 0.2) is 0 Å². The Labute approximate surface area is 140 Å². The quantitative estimate of drug-likeness (QED) is 0.855. The normalized spacial score (nSPS) is 20.4. The Morgan fingerprint density at radius 1 is 1.29 bits per heavy atom. The molecule has 0 aromatic carbocycles. The molecule has 24 heavy (non-hydrogen) atoms. The van der Waals surface area contributed by atoms with E-state index in [1.165, 1.54) is 6.33 Å². The molecule has 1 fully saturated rings. The van der Waals surface area contributed by atoms with Gasteiger partial charge in [-0.2, -0.15) is 0 Å². The van der Waals surface area contributed by atoms with E-state index in [0.29, 0.717) is 19.6 Å². The molecule has 0 bridgehead atoms. The van der Waals surface area contributed by atoms with Crippen LogP contribution < -0.4 is 10.6 Å². The zero-order valence-electron chi connectivity index (χ0n) is 13.6. The van der Waals surface area contributed by atoms with Crippen molar-refractivity contribution >= 4 is 11.7 Å². The minimum Gasteiger partial charge on any atom is -0.379 e. The zero-order valence-corrected chi connectivity index (χ0v) is 13.6. The molecule has 0 spiro atoms. The Morgan fingerprint density at radius 2 is 2.21 bits per heavy atom. The first-order chi connectivity index (χ1) is 11.7. The van der Waals surface area contributed by atoms with Crippen molar-refractivity contribution in [2.75, 3.05) is 18.5 Å². The van der Waals surface area contributed by atoms with Crippen molar-refractivity contribution in [3.63, 3.8) is 0 Å². The van der Waals surface area contributed by atoms with Gasteiger partial charge in [-0.05, 0) is 31.0 Å². The number of ether oxygens (including phenoxy) is 1. The molecule has 0 aliphatic carbocycles. The molecule has 126 valence electrons. The molecule has 1 aliphatic heterocycles. The van der Waals surface area contributed by atoms with Crippen LogP contribution in [0, 0.1) is 6.92 Å². The summed E-state index contributed by atoms with van der Waals surface area (Å²) in [6, 6.07) is 5.56. The van der Waals surface area contributed by atoms with Gasteiger partial charge in [0, 0.05) is 24.7 Å². The van der Waals surface area contributed by atoms with Crippen LogP contribution in [0.4, 0.5) is 5.82 Å². The lowest BCUT2D eigenvalue weighted by molar-refractivity contribution is -0.121. The van der Waals surface area contributed by atoms with E-state index in [-0.39, 0.29) is 18.0 Å². The summed E-state index contributed by atoms with van der Waals surface area (Å²) in [6.45, 7) is 3.08. The highest BCUT2D eigenvalue weighted by Gasteiger charge is 2.27. The molecule has 1 aliphatic rings. The van der Waals surface area contributed by atoms with Crippen LogP contribution in [0.15, 0.2) is 36.9 Å². The van der Waals surface area contributed by atoms with E-state index in [2.05, 4.69) is 25.6 Å². The molecule has 1 saturated heterocycles. The summed E-state index contributed by atoms with van der Waals surface area (Å²) in [5, 5.41) is 6.42. The number of anilines is 1. The maximum absolute atomic E-state index is 12.4. The van der Waals surface area contributed by atoms with Gasteiger partial charge in [0.25, 0.3) is 0 Å². The number of aryl methyl sites for hydroxylation is 1. The molecule has 2 N–H and O–H groups in total. The van der Waals surface area contributed by atoms with Crippen molar-refractivity contribution in [2.45, 2.75) is 31.8 Å². The average Bonchev–Trinajstić information content (AvgIpc) is 2.60. The first-order valence-electron chi connectivity index (χ1n) is 8.02. The van der Waals surface area contributed by atoms with Crippen LogP contribution in [0.1, 0.15) is 17.7 Å². The third-order valence-corrected chi connectivity index (χ3v) is 4.09. The van der Waals surface area contributed by atoms with Crippen LogP contribution in [0.5, 0.6) is 0 Å². The van der Waals surface area contributed by atoms with E-state index in [1.54, 1.807) is 18.5 Å². The highest BCUT2D eigenvalue weighted by molar-refractivity contribution is 5.79. The fourth-order valence-electron chi connectivity index (χ4n) is 2.75. The second kappa shape index (κ2) is 7.83. The van der Waals surface area contributed by atoms with Gasteiger partial charge in [-0.3, -0.25) is 9.78 Å². The number of carbonyl (C=O) groups excluding carboxylic acids is 1. The van der Waals surface area contributed by atoms with E-state index in [1.807, 2.05) is 19.1 Å². The number of hydrogen-bond acceptors (Lipinski definition) is 6. The van der Waals surface area contributed by atoms with E-state index in [0.717, 1.165) is 23.5 Å². The van der Waals surface area contributed by atoms with Crippen molar-refractivity contribution in [3.05, 3.63) is 48.2 Å². The van der Waals surface area contributed by atoms with Gasteiger partial charge >= 0.3 is 0 Å². The first-order valence-corrected chi connectivity index (χ1v) is 8.02. The number of carbonyl (C=O) groups is 1. The molecule has 0 unspecified atom stereocenters. The zero-order chi connectivity index (χ0) is 16.8. The number of aromatic nitrogens is 3. The van der Waals surface area contributed by atoms with Crippen LogP contribution in [-0.4, -0.2) is 46.2 Å². The maximum Gasteiger partial charge on any atom is 0.224 e. The molecule has 0 radical (unpaired) electrons. The van der Waals surface area contributed by atoms with Crippen molar-refractivity contribution in [1.29, 1.82) is 0 Å². The standard InChI is InChI=1S/C17H21N5O2/c1-12-13(3-2-6-19-12)9-17(23)22-14-5-8-24-10-15(14)21-16-4-7-18-11-20-16/h2-4,6-7,11,14-15H,5,8-10H2,1H3,(H,22,23)(H,18,20,21)/t14-,15+/m0/s1. The van der Waals surface area contributed by atoms with Crippen molar-refractivity contribution in [3.8, 4) is 0 Å². The van der Waals surface area contributed by atoms with Gasteiger partial charge in [0.1, 0.15) is 12.1 Å². The number of rotatable bonds is 5. The molecule has 2 aromatic heterocycles. The molecule has 3 heterocycles. The second-order valence-corrected chi connectivity index (χ2v) is 5.81. The van der Waals surface area contributed by atoms with E-state index < -0.39 is 0 Å². The van der Waals surface area contributed by atoms with E-state index in [9.17, 15) is 4.79 Å². The Kier molecular flexibility index (Phi) is 5.32. The molecule has 0 saturated carbocycles. The SMILES string of the molecule is Cc1ncccc1CC(=O)N[C@H]1CCOC[C@H]1Nc1ccncn1. The smallest absolute Gasteiger partial charge is 0.224 e. The van der Waals surface area contributed by atoms with Crippen LogP contribution >= 0.6 is 0 Å². The summed E-state index contributed by atoms with van der Waals surface area (Å²) in [5.41, 5.74) is 1.83. The number of amides is 1. The summed E-state index contributed by atoms with van der Waals surface area (Å²) in [5.74, 6) is 0.718. The van der Waals surface area contributed by atoms with Crippen molar-refractivity contribution < 1.29 is 9.53 Å². The lowest BCUT2D eigenvalue weighted by atomic mass is 10.0. The van der Waals surface area contributed by atoms with E-state index >= 15 is 0 Å². The minimum atomic E-state index is -0.0207. The summed E-state index contributed by atoms with van der Waals surface area (Å²) in [4.78, 5) is 24.7. The average molecular weight is 327 g/mol. The van der Waals surface area contributed by atoms with Gasteiger partial charge < -0.3 is 15.4 Å². The molecule has 3 rings (SSSR count). The van der Waals surface area contributed by atoms with Crippen LogP contribution in [0.25, 0.3) is 0 Å². The Morgan fingerprint density at radius 3 is 3.00 bits per heavy atom. The van der Waals surface area contributed by atoms with Crippen molar-refractivity contribution in [1.82, 2.24) is 20.3 Å². The maximum atomic E-state index is 12.4. The lowest BCUT2D eigenvalue weighted by Crippen LogP contribution is -2.52. The highest BCUT2D eigenvalue weighted by Crippen LogP contribution is 2.13. The summed E-state index contributed by atoms with van der Waals surface area (Å²) >= 11 is 0. The minimum absolute atomic E-state index is 0.00167. The molecule has 7 nitrogen and oxygen atoms in total. The fourth-order valence-corrected chi connectivity index (χ4v) is 2.75.